The highest BCUT2D eigenvalue weighted by molar-refractivity contribution is 9.10. The quantitative estimate of drug-likeness (QED) is 0.430. The van der Waals surface area contributed by atoms with Gasteiger partial charge in [0.25, 0.3) is 11.5 Å². The average molecular weight is 556 g/mol. The molecule has 2 heterocycles. The second-order valence-corrected chi connectivity index (χ2v) is 10.6. The van der Waals surface area contributed by atoms with Crippen LogP contribution in [0.3, 0.4) is 0 Å². The number of carbonyl (C=O) groups excluding carboxylic acids is 1. The first-order chi connectivity index (χ1) is 17.3. The lowest BCUT2D eigenvalue weighted by Crippen LogP contribution is -2.40. The molecule has 1 aromatic heterocycles. The van der Waals surface area contributed by atoms with Gasteiger partial charge < -0.3 is 19.5 Å². The van der Waals surface area contributed by atoms with Crippen molar-refractivity contribution in [2.24, 2.45) is 7.05 Å². The molecule has 7 nitrogen and oxygen atoms in total. The van der Waals surface area contributed by atoms with E-state index in [1.54, 1.807) is 25.7 Å². The number of likely N-dealkylation sites (tertiary alicyclic amines) is 1. The standard InChI is InChI=1S/C28H35BrN4O3/c1-5-16-36-22-9-6-19(7-10-22)18-33-14-12-21(13-15-33)30-26-23-17-20(29)8-11-24(23)32(4)28(35)25(26)27(34)31(2)3/h6-11,17,21,30H,5,12-16,18H2,1-4H3. The lowest BCUT2D eigenvalue weighted by molar-refractivity contribution is 0.0826. The Labute approximate surface area is 221 Å². The van der Waals surface area contributed by atoms with Gasteiger partial charge in [-0.15, -0.1) is 0 Å². The first-order valence-corrected chi connectivity index (χ1v) is 13.3. The molecule has 1 N–H and O–H groups in total. The minimum absolute atomic E-state index is 0.175. The van der Waals surface area contributed by atoms with E-state index in [-0.39, 0.29) is 23.1 Å². The van der Waals surface area contributed by atoms with Crippen molar-refractivity contribution in [2.45, 2.75) is 38.8 Å². The Kier molecular flexibility index (Phi) is 8.36. The van der Waals surface area contributed by atoms with E-state index < -0.39 is 0 Å². The number of hydrogen-bond donors (Lipinski definition) is 1. The number of hydrogen-bond acceptors (Lipinski definition) is 5. The van der Waals surface area contributed by atoms with Gasteiger partial charge in [0.2, 0.25) is 0 Å². The summed E-state index contributed by atoms with van der Waals surface area (Å²) in [5, 5.41) is 4.48. The fourth-order valence-corrected chi connectivity index (χ4v) is 5.06. The number of piperidine rings is 1. The van der Waals surface area contributed by atoms with Crippen LogP contribution >= 0.6 is 15.9 Å². The number of aryl methyl sites for hydroxylation is 1. The third-order valence-electron chi connectivity index (χ3n) is 6.72. The molecule has 1 saturated heterocycles. The first-order valence-electron chi connectivity index (χ1n) is 12.5. The Morgan fingerprint density at radius 2 is 1.83 bits per heavy atom. The van der Waals surface area contributed by atoms with E-state index in [2.05, 4.69) is 45.2 Å². The molecule has 0 unspecified atom stereocenters. The second kappa shape index (κ2) is 11.5. The molecular formula is C28H35BrN4O3. The van der Waals surface area contributed by atoms with Crippen molar-refractivity contribution in [3.8, 4) is 5.75 Å². The highest BCUT2D eigenvalue weighted by atomic mass is 79.9. The topological polar surface area (TPSA) is 66.8 Å². The van der Waals surface area contributed by atoms with Crippen molar-refractivity contribution in [3.63, 3.8) is 0 Å². The Hall–Kier alpha value is -2.84. The zero-order valence-electron chi connectivity index (χ0n) is 21.5. The molecule has 0 atom stereocenters. The smallest absolute Gasteiger partial charge is 0.265 e. The third-order valence-corrected chi connectivity index (χ3v) is 7.21. The van der Waals surface area contributed by atoms with Crippen molar-refractivity contribution in [1.29, 1.82) is 0 Å². The summed E-state index contributed by atoms with van der Waals surface area (Å²) in [7, 11) is 5.07. The van der Waals surface area contributed by atoms with Crippen molar-refractivity contribution in [2.75, 3.05) is 39.1 Å². The number of aromatic nitrogens is 1. The third kappa shape index (κ3) is 5.76. The molecule has 0 saturated carbocycles. The van der Waals surface area contributed by atoms with Crippen molar-refractivity contribution in [1.82, 2.24) is 14.4 Å². The zero-order chi connectivity index (χ0) is 25.8. The fourth-order valence-electron chi connectivity index (χ4n) is 4.70. The van der Waals surface area contributed by atoms with Crippen molar-refractivity contribution in [3.05, 3.63) is 68.4 Å². The van der Waals surface area contributed by atoms with Gasteiger partial charge in [0, 0.05) is 56.7 Å². The Morgan fingerprint density at radius 1 is 1.14 bits per heavy atom. The number of pyridine rings is 1. The summed E-state index contributed by atoms with van der Waals surface area (Å²) in [5.41, 5.74) is 2.61. The van der Waals surface area contributed by atoms with Crippen LogP contribution in [0.15, 0.2) is 51.7 Å². The van der Waals surface area contributed by atoms with E-state index in [0.717, 1.165) is 66.6 Å². The zero-order valence-corrected chi connectivity index (χ0v) is 23.1. The SMILES string of the molecule is CCCOc1ccc(CN2CCC(Nc3c(C(=O)N(C)C)c(=O)n(C)c4ccc(Br)cc34)CC2)cc1. The predicted octanol–water partition coefficient (Wildman–Crippen LogP) is 4.87. The van der Waals surface area contributed by atoms with Gasteiger partial charge in [-0.3, -0.25) is 14.5 Å². The van der Waals surface area contributed by atoms with Crippen LogP contribution in [-0.4, -0.2) is 60.1 Å². The van der Waals surface area contributed by atoms with Crippen LogP contribution in [0.1, 0.15) is 42.1 Å². The number of nitrogens with one attached hydrogen (secondary N) is 1. The number of halogens is 1. The number of rotatable bonds is 8. The van der Waals surface area contributed by atoms with Gasteiger partial charge in [-0.25, -0.2) is 0 Å². The summed E-state index contributed by atoms with van der Waals surface area (Å²) < 4.78 is 8.15. The van der Waals surface area contributed by atoms with Crippen LogP contribution in [0.4, 0.5) is 5.69 Å². The molecule has 2 aromatic carbocycles. The van der Waals surface area contributed by atoms with Gasteiger partial charge in [-0.2, -0.15) is 0 Å². The molecule has 0 bridgehead atoms. The van der Waals surface area contributed by atoms with Crippen LogP contribution in [0.25, 0.3) is 10.9 Å². The van der Waals surface area contributed by atoms with Crippen LogP contribution in [0.2, 0.25) is 0 Å². The highest BCUT2D eigenvalue weighted by Gasteiger charge is 2.26. The minimum Gasteiger partial charge on any atom is -0.494 e. The Morgan fingerprint density at radius 3 is 2.47 bits per heavy atom. The average Bonchev–Trinajstić information content (AvgIpc) is 2.87. The molecule has 1 aliphatic rings. The second-order valence-electron chi connectivity index (χ2n) is 9.66. The fraction of sp³-hybridized carbons (Fsp3) is 0.429. The van der Waals surface area contributed by atoms with Crippen LogP contribution in [-0.2, 0) is 13.6 Å². The lowest BCUT2D eigenvalue weighted by Gasteiger charge is -2.33. The molecule has 1 fully saturated rings. The molecule has 0 spiro atoms. The van der Waals surface area contributed by atoms with Crippen LogP contribution in [0, 0.1) is 0 Å². The number of nitrogens with zero attached hydrogens (tertiary/aromatic N) is 3. The van der Waals surface area contributed by atoms with E-state index in [0.29, 0.717) is 5.69 Å². The molecule has 8 heteroatoms. The maximum Gasteiger partial charge on any atom is 0.265 e. The molecule has 1 amide bonds. The first kappa shape index (κ1) is 26.2. The summed E-state index contributed by atoms with van der Waals surface area (Å²) in [4.78, 5) is 30.3. The molecule has 4 rings (SSSR count). The number of ether oxygens (including phenoxy) is 1. The molecule has 0 radical (unpaired) electrons. The lowest BCUT2D eigenvalue weighted by atomic mass is 10.0. The normalized spacial score (nSPS) is 14.7. The van der Waals surface area contributed by atoms with Gasteiger partial charge >= 0.3 is 0 Å². The monoisotopic (exact) mass is 554 g/mol. The predicted molar refractivity (Wildman–Crippen MR) is 149 cm³/mol. The van der Waals surface area contributed by atoms with E-state index in [1.165, 1.54) is 10.5 Å². The van der Waals surface area contributed by atoms with Crippen molar-refractivity contribution < 1.29 is 9.53 Å². The molecule has 3 aromatic rings. The number of fused-ring (bicyclic) bond motifs is 1. The van der Waals surface area contributed by atoms with Gasteiger partial charge in [-0.1, -0.05) is 35.0 Å². The van der Waals surface area contributed by atoms with Gasteiger partial charge in [-0.05, 0) is 55.2 Å². The highest BCUT2D eigenvalue weighted by Crippen LogP contribution is 2.30. The number of anilines is 1. The van der Waals surface area contributed by atoms with E-state index in [4.69, 9.17) is 4.74 Å². The van der Waals surface area contributed by atoms with E-state index in [1.807, 2.05) is 30.3 Å². The Balaban J connectivity index is 1.51. The summed E-state index contributed by atoms with van der Waals surface area (Å²) >= 11 is 3.56. The molecule has 1 aliphatic heterocycles. The maximum absolute atomic E-state index is 13.3. The summed E-state index contributed by atoms with van der Waals surface area (Å²) in [6, 6.07) is 14.3. The van der Waals surface area contributed by atoms with Gasteiger partial charge in [0.15, 0.2) is 0 Å². The summed E-state index contributed by atoms with van der Waals surface area (Å²) in [6.45, 7) is 5.62. The van der Waals surface area contributed by atoms with Crippen LogP contribution in [0.5, 0.6) is 5.75 Å². The summed E-state index contributed by atoms with van der Waals surface area (Å²) in [5.74, 6) is 0.628. The number of amides is 1. The minimum atomic E-state index is -0.288. The maximum atomic E-state index is 13.3. The van der Waals surface area contributed by atoms with Gasteiger partial charge in [0.05, 0.1) is 17.8 Å². The van der Waals surface area contributed by atoms with Crippen molar-refractivity contribution >= 4 is 38.4 Å². The summed E-state index contributed by atoms with van der Waals surface area (Å²) in [6.07, 6.45) is 2.86. The number of benzene rings is 2. The molecule has 0 aliphatic carbocycles. The molecule has 36 heavy (non-hydrogen) atoms. The van der Waals surface area contributed by atoms with Gasteiger partial charge in [0.1, 0.15) is 11.3 Å². The molecule has 192 valence electrons. The van der Waals surface area contributed by atoms with E-state index >= 15 is 0 Å². The van der Waals surface area contributed by atoms with Crippen LogP contribution < -0.4 is 15.6 Å². The molecular weight excluding hydrogens is 520 g/mol. The number of carbonyl (C=O) groups is 1. The largest absolute Gasteiger partial charge is 0.494 e. The van der Waals surface area contributed by atoms with E-state index in [9.17, 15) is 9.59 Å². The Bertz CT molecular complexity index is 1280.